The van der Waals surface area contributed by atoms with Crippen LogP contribution in [0.2, 0.25) is 0 Å². The van der Waals surface area contributed by atoms with Crippen molar-refractivity contribution in [1.29, 1.82) is 0 Å². The summed E-state index contributed by atoms with van der Waals surface area (Å²) < 4.78 is 8.42. The molecule has 0 bridgehead atoms. The molecule has 11 heavy (non-hydrogen) atoms. The van der Waals surface area contributed by atoms with Crippen LogP contribution in [-0.2, 0) is 19.1 Å². The molecule has 0 fully saturated rings. The van der Waals surface area contributed by atoms with Gasteiger partial charge in [0.15, 0.2) is 0 Å². The van der Waals surface area contributed by atoms with Crippen molar-refractivity contribution in [3.8, 4) is 0 Å². The zero-order valence-corrected chi connectivity index (χ0v) is 8.70. The van der Waals surface area contributed by atoms with Crippen molar-refractivity contribution in [3.05, 3.63) is 12.2 Å². The molecule has 0 amide bonds. The summed E-state index contributed by atoms with van der Waals surface area (Å²) in [6.07, 6.45) is 1.98. The third kappa shape index (κ3) is 7.84. The van der Waals surface area contributed by atoms with Gasteiger partial charge in [-0.2, -0.15) is 0 Å². The van der Waals surface area contributed by atoms with Gasteiger partial charge < -0.3 is 9.47 Å². The van der Waals surface area contributed by atoms with Gasteiger partial charge in [0.25, 0.3) is 0 Å². The maximum Gasteiger partial charge on any atom is 0.330 e. The third-order valence-electron chi connectivity index (χ3n) is 0.758. The maximum absolute atomic E-state index is 10.3. The van der Waals surface area contributed by atoms with Gasteiger partial charge in [-0.1, -0.05) is 0 Å². The van der Waals surface area contributed by atoms with Crippen LogP contribution in [0, 0.1) is 0 Å². The molecule has 5 heteroatoms. The summed E-state index contributed by atoms with van der Waals surface area (Å²) in [4.78, 5) is 20.6. The van der Waals surface area contributed by atoms with Crippen LogP contribution in [0.4, 0.5) is 0 Å². The molecule has 2 radical (unpaired) electrons. The Morgan fingerprint density at radius 2 is 1.27 bits per heavy atom. The van der Waals surface area contributed by atoms with Crippen molar-refractivity contribution >= 4 is 49.7 Å². The van der Waals surface area contributed by atoms with Crippen molar-refractivity contribution in [3.63, 3.8) is 0 Å². The Morgan fingerprint density at radius 3 is 1.45 bits per heavy atom. The number of hydrogen-bond acceptors (Lipinski definition) is 4. The molecule has 0 rings (SSSR count). The summed E-state index contributed by atoms with van der Waals surface area (Å²) >= 11 is 0. The Morgan fingerprint density at radius 1 is 1.00 bits per heavy atom. The average Bonchev–Trinajstić information content (AvgIpc) is 1.99. The molecule has 0 saturated carbocycles. The van der Waals surface area contributed by atoms with Gasteiger partial charge in [-0.05, 0) is 0 Å². The quantitative estimate of drug-likeness (QED) is 0.330. The van der Waals surface area contributed by atoms with Gasteiger partial charge in [-0.3, -0.25) is 0 Å². The van der Waals surface area contributed by atoms with Crippen LogP contribution in [0.15, 0.2) is 12.2 Å². The van der Waals surface area contributed by atoms with Gasteiger partial charge in [0, 0.05) is 49.9 Å². The molecule has 0 saturated heterocycles. The van der Waals surface area contributed by atoms with E-state index in [1.165, 1.54) is 14.2 Å². The normalized spacial score (nSPS) is 8.55. The molecule has 4 nitrogen and oxygen atoms in total. The molecule has 0 aromatic rings. The molecule has 0 aliphatic heterocycles. The predicted molar refractivity (Wildman–Crippen MR) is 38.9 cm³/mol. The molecule has 0 heterocycles. The number of esters is 2. The largest absolute Gasteiger partial charge is 0.466 e. The van der Waals surface area contributed by atoms with E-state index in [4.69, 9.17) is 0 Å². The number of carbonyl (C=O) groups excluding carboxylic acids is 2. The van der Waals surface area contributed by atoms with E-state index in [0.29, 0.717) is 0 Å². The first-order valence-electron chi connectivity index (χ1n) is 2.54. The van der Waals surface area contributed by atoms with Gasteiger partial charge >= 0.3 is 11.9 Å². The van der Waals surface area contributed by atoms with Crippen molar-refractivity contribution in [2.24, 2.45) is 0 Å². The fraction of sp³-hybridized carbons (Fsp3) is 0.333. The van der Waals surface area contributed by atoms with Gasteiger partial charge in [0.05, 0.1) is 14.2 Å². The molecule has 0 aromatic heterocycles. The third-order valence-corrected chi connectivity index (χ3v) is 0.758. The van der Waals surface area contributed by atoms with Crippen LogP contribution < -0.4 is 0 Å². The number of ether oxygens (including phenoxy) is 2. The van der Waals surface area contributed by atoms with Crippen molar-refractivity contribution < 1.29 is 19.1 Å². The molecule has 0 atom stereocenters. The van der Waals surface area contributed by atoms with Crippen molar-refractivity contribution in [2.45, 2.75) is 0 Å². The van der Waals surface area contributed by atoms with Crippen LogP contribution in [-0.4, -0.2) is 63.9 Å². The Kier molecular flexibility index (Phi) is 9.89. The van der Waals surface area contributed by atoms with E-state index in [-0.39, 0.29) is 37.7 Å². The van der Waals surface area contributed by atoms with E-state index in [2.05, 4.69) is 9.47 Å². The fourth-order valence-corrected chi connectivity index (χ4v) is 0.272. The molecule has 0 aliphatic carbocycles. The second-order valence-electron chi connectivity index (χ2n) is 1.38. The van der Waals surface area contributed by atoms with E-state index in [1.807, 2.05) is 0 Å². The number of hydrogen-bond donors (Lipinski definition) is 0. The predicted octanol–water partition coefficient (Wildman–Crippen LogP) is -0.492. The summed E-state index contributed by atoms with van der Waals surface area (Å²) in [5.74, 6) is -1.16. The summed E-state index contributed by atoms with van der Waals surface area (Å²) in [6, 6.07) is 0. The molecular weight excluding hydrogens is 176 g/mol. The molecule has 58 valence electrons. The minimum Gasteiger partial charge on any atom is -0.466 e. The standard InChI is InChI=1S/C6H8O4.Ca/c1-9-5(7)3-4-6(8)10-2;/h3-4H,1-2H3;/b4-3+;. The van der Waals surface area contributed by atoms with Crippen LogP contribution >= 0.6 is 0 Å². The van der Waals surface area contributed by atoms with Gasteiger partial charge in [0.2, 0.25) is 0 Å². The zero-order chi connectivity index (χ0) is 7.98. The summed E-state index contributed by atoms with van der Waals surface area (Å²) in [5, 5.41) is 0. The molecule has 0 spiro atoms. The SMILES string of the molecule is COC(=O)/C=C/C(=O)OC.[Ca]. The maximum atomic E-state index is 10.3. The average molecular weight is 184 g/mol. The number of rotatable bonds is 2. The van der Waals surface area contributed by atoms with Crippen molar-refractivity contribution in [1.82, 2.24) is 0 Å². The summed E-state index contributed by atoms with van der Waals surface area (Å²) in [6.45, 7) is 0. The first kappa shape index (κ1) is 13.5. The minimum atomic E-state index is -0.578. The Labute approximate surface area is 94.5 Å². The summed E-state index contributed by atoms with van der Waals surface area (Å²) in [7, 11) is 2.45. The Hall–Kier alpha value is -0.0603. The monoisotopic (exact) mass is 184 g/mol. The van der Waals surface area contributed by atoms with Crippen molar-refractivity contribution in [2.75, 3.05) is 14.2 Å². The Balaban J connectivity index is 0. The van der Waals surface area contributed by atoms with Crippen LogP contribution in [0.25, 0.3) is 0 Å². The Bertz CT molecular complexity index is 146. The van der Waals surface area contributed by atoms with E-state index in [9.17, 15) is 9.59 Å². The van der Waals surface area contributed by atoms with Crippen LogP contribution in [0.1, 0.15) is 0 Å². The molecule has 0 aromatic carbocycles. The van der Waals surface area contributed by atoms with E-state index in [0.717, 1.165) is 12.2 Å². The minimum absolute atomic E-state index is 0. The van der Waals surface area contributed by atoms with E-state index >= 15 is 0 Å². The first-order valence-corrected chi connectivity index (χ1v) is 2.54. The molecule has 0 unspecified atom stereocenters. The second-order valence-corrected chi connectivity index (χ2v) is 1.38. The van der Waals surface area contributed by atoms with E-state index < -0.39 is 11.9 Å². The summed E-state index contributed by atoms with van der Waals surface area (Å²) in [5.41, 5.74) is 0. The molecule has 0 aliphatic rings. The topological polar surface area (TPSA) is 52.6 Å². The van der Waals surface area contributed by atoms with E-state index in [1.54, 1.807) is 0 Å². The van der Waals surface area contributed by atoms with Gasteiger partial charge in [0.1, 0.15) is 0 Å². The molecule has 0 N–H and O–H groups in total. The second kappa shape index (κ2) is 8.04. The first-order chi connectivity index (χ1) is 4.70. The smallest absolute Gasteiger partial charge is 0.330 e. The van der Waals surface area contributed by atoms with Crippen LogP contribution in [0.5, 0.6) is 0 Å². The van der Waals surface area contributed by atoms with Gasteiger partial charge in [-0.15, -0.1) is 0 Å². The van der Waals surface area contributed by atoms with Gasteiger partial charge in [-0.25, -0.2) is 9.59 Å². The number of methoxy groups -OCH3 is 2. The molecular formula is C6H8CaO4. The number of carbonyl (C=O) groups is 2. The van der Waals surface area contributed by atoms with Crippen LogP contribution in [0.3, 0.4) is 0 Å². The zero-order valence-electron chi connectivity index (χ0n) is 6.49. The fourth-order valence-electron chi connectivity index (χ4n) is 0.272.